The van der Waals surface area contributed by atoms with Crippen molar-refractivity contribution in [1.82, 2.24) is 15.1 Å². The summed E-state index contributed by atoms with van der Waals surface area (Å²) in [5, 5.41) is 3.08. The molecule has 1 atom stereocenters. The molecule has 1 fully saturated rings. The second-order valence-corrected chi connectivity index (χ2v) is 6.33. The van der Waals surface area contributed by atoms with Crippen molar-refractivity contribution in [3.8, 4) is 0 Å². The van der Waals surface area contributed by atoms with Crippen molar-refractivity contribution < 1.29 is 4.79 Å². The highest BCUT2D eigenvalue weighted by molar-refractivity contribution is 5.75. The van der Waals surface area contributed by atoms with Gasteiger partial charge in [0.2, 0.25) is 5.91 Å². The van der Waals surface area contributed by atoms with Gasteiger partial charge in [0, 0.05) is 45.2 Å². The fraction of sp³-hybridized carbons (Fsp3) is 0.611. The van der Waals surface area contributed by atoms with Gasteiger partial charge in [-0.1, -0.05) is 30.3 Å². The molecule has 2 rings (SSSR count). The van der Waals surface area contributed by atoms with E-state index in [0.717, 1.165) is 45.6 Å². The highest BCUT2D eigenvalue weighted by Gasteiger charge is 2.19. The lowest BCUT2D eigenvalue weighted by Crippen LogP contribution is -2.51. The fourth-order valence-electron chi connectivity index (χ4n) is 2.84. The molecule has 0 aliphatic carbocycles. The Morgan fingerprint density at radius 2 is 1.86 bits per heavy atom. The molecule has 0 saturated carbocycles. The molecule has 1 N–H and O–H groups in total. The minimum Gasteiger partial charge on any atom is -0.355 e. The van der Waals surface area contributed by atoms with Gasteiger partial charge in [-0.25, -0.2) is 0 Å². The van der Waals surface area contributed by atoms with Crippen LogP contribution in [0.4, 0.5) is 0 Å². The molecule has 4 heteroatoms. The van der Waals surface area contributed by atoms with Crippen LogP contribution in [0.2, 0.25) is 0 Å². The molecule has 1 amide bonds. The lowest BCUT2D eigenvalue weighted by molar-refractivity contribution is -0.121. The van der Waals surface area contributed by atoms with Crippen molar-refractivity contribution >= 4 is 5.91 Å². The molecule has 0 aromatic heterocycles. The summed E-state index contributed by atoms with van der Waals surface area (Å²) in [6.45, 7) is 7.40. The van der Waals surface area contributed by atoms with E-state index < -0.39 is 0 Å². The number of carbonyl (C=O) groups is 1. The van der Waals surface area contributed by atoms with Gasteiger partial charge in [-0.05, 0) is 32.4 Å². The minimum atomic E-state index is 0.178. The number of hydrogen-bond donors (Lipinski definition) is 1. The number of benzene rings is 1. The molecule has 1 heterocycles. The molecule has 4 nitrogen and oxygen atoms in total. The number of rotatable bonds is 7. The topological polar surface area (TPSA) is 35.6 Å². The Hall–Kier alpha value is -1.39. The van der Waals surface area contributed by atoms with Gasteiger partial charge in [0.05, 0.1) is 0 Å². The second-order valence-electron chi connectivity index (χ2n) is 6.33. The third-order valence-electron chi connectivity index (χ3n) is 4.47. The lowest BCUT2D eigenvalue weighted by Gasteiger charge is -2.36. The molecular weight excluding hydrogens is 274 g/mol. The molecule has 1 aliphatic rings. The predicted molar refractivity (Wildman–Crippen MR) is 90.9 cm³/mol. The van der Waals surface area contributed by atoms with E-state index >= 15 is 0 Å². The van der Waals surface area contributed by atoms with Crippen LogP contribution >= 0.6 is 0 Å². The number of amides is 1. The largest absolute Gasteiger partial charge is 0.355 e. The van der Waals surface area contributed by atoms with Gasteiger partial charge in [-0.3, -0.25) is 9.69 Å². The van der Waals surface area contributed by atoms with E-state index in [4.69, 9.17) is 0 Å². The number of aryl methyl sites for hydroxylation is 1. The van der Waals surface area contributed by atoms with E-state index in [1.165, 1.54) is 5.56 Å². The molecule has 1 aromatic rings. The van der Waals surface area contributed by atoms with Crippen molar-refractivity contribution in [3.63, 3.8) is 0 Å². The van der Waals surface area contributed by atoms with Crippen LogP contribution in [0, 0.1) is 0 Å². The van der Waals surface area contributed by atoms with E-state index in [0.29, 0.717) is 12.5 Å². The highest BCUT2D eigenvalue weighted by Crippen LogP contribution is 2.06. The first-order valence-electron chi connectivity index (χ1n) is 8.38. The van der Waals surface area contributed by atoms with Gasteiger partial charge in [0.1, 0.15) is 0 Å². The first-order chi connectivity index (χ1) is 10.6. The normalized spacial score (nSPS) is 18.1. The van der Waals surface area contributed by atoms with Crippen LogP contribution in [0.15, 0.2) is 30.3 Å². The summed E-state index contributed by atoms with van der Waals surface area (Å²) in [5.41, 5.74) is 1.31. The summed E-state index contributed by atoms with van der Waals surface area (Å²) in [5.74, 6) is 0.178. The van der Waals surface area contributed by atoms with Crippen molar-refractivity contribution in [2.75, 3.05) is 39.8 Å². The summed E-state index contributed by atoms with van der Waals surface area (Å²) >= 11 is 0. The van der Waals surface area contributed by atoms with Crippen LogP contribution < -0.4 is 5.32 Å². The van der Waals surface area contributed by atoms with Crippen LogP contribution in [0.25, 0.3) is 0 Å². The van der Waals surface area contributed by atoms with E-state index in [9.17, 15) is 4.79 Å². The van der Waals surface area contributed by atoms with Crippen LogP contribution in [0.5, 0.6) is 0 Å². The summed E-state index contributed by atoms with van der Waals surface area (Å²) in [7, 11) is 2.16. The molecular formula is C18H29N3O. The number of nitrogens with one attached hydrogen (secondary N) is 1. The number of piperazine rings is 1. The van der Waals surface area contributed by atoms with Gasteiger partial charge < -0.3 is 10.2 Å². The third kappa shape index (κ3) is 5.78. The molecule has 22 heavy (non-hydrogen) atoms. The third-order valence-corrected chi connectivity index (χ3v) is 4.47. The molecule has 0 unspecified atom stereocenters. The number of hydrogen-bond acceptors (Lipinski definition) is 3. The molecule has 0 bridgehead atoms. The molecule has 0 spiro atoms. The van der Waals surface area contributed by atoms with Gasteiger partial charge in [0.25, 0.3) is 0 Å². The van der Waals surface area contributed by atoms with E-state index in [1.807, 2.05) is 18.2 Å². The lowest BCUT2D eigenvalue weighted by atomic mass is 10.1. The Morgan fingerprint density at radius 1 is 1.18 bits per heavy atom. The van der Waals surface area contributed by atoms with Crippen molar-refractivity contribution in [1.29, 1.82) is 0 Å². The molecule has 122 valence electrons. The minimum absolute atomic E-state index is 0.178. The summed E-state index contributed by atoms with van der Waals surface area (Å²) in [6, 6.07) is 10.8. The van der Waals surface area contributed by atoms with Gasteiger partial charge in [0.15, 0.2) is 0 Å². The molecule has 0 radical (unpaired) electrons. The Bertz CT molecular complexity index is 441. The van der Waals surface area contributed by atoms with Crippen molar-refractivity contribution in [2.24, 2.45) is 0 Å². The van der Waals surface area contributed by atoms with E-state index in [-0.39, 0.29) is 5.91 Å². The maximum absolute atomic E-state index is 11.9. The maximum Gasteiger partial charge on any atom is 0.220 e. The fourth-order valence-corrected chi connectivity index (χ4v) is 2.84. The zero-order valence-corrected chi connectivity index (χ0v) is 13.9. The first-order valence-corrected chi connectivity index (χ1v) is 8.38. The average molecular weight is 303 g/mol. The zero-order chi connectivity index (χ0) is 15.8. The summed E-state index contributed by atoms with van der Waals surface area (Å²) in [4.78, 5) is 16.7. The standard InChI is InChI=1S/C18H29N3O/c1-16(21-13-11-20(2)12-14-21)15-19-18(22)10-6-9-17-7-4-3-5-8-17/h3-5,7-8,16H,6,9-15H2,1-2H3,(H,19,22)/t16-/m1/s1. The Balaban J connectivity index is 1.59. The highest BCUT2D eigenvalue weighted by atomic mass is 16.1. The van der Waals surface area contributed by atoms with Gasteiger partial charge in [-0.15, -0.1) is 0 Å². The van der Waals surface area contributed by atoms with Crippen molar-refractivity contribution in [3.05, 3.63) is 35.9 Å². The maximum atomic E-state index is 11.9. The number of carbonyl (C=O) groups excluding carboxylic acids is 1. The molecule has 1 aromatic carbocycles. The summed E-state index contributed by atoms with van der Waals surface area (Å²) < 4.78 is 0. The smallest absolute Gasteiger partial charge is 0.220 e. The predicted octanol–water partition coefficient (Wildman–Crippen LogP) is 1.76. The number of likely N-dealkylation sites (N-methyl/N-ethyl adjacent to an activating group) is 1. The van der Waals surface area contributed by atoms with Gasteiger partial charge in [-0.2, -0.15) is 0 Å². The van der Waals surface area contributed by atoms with Crippen LogP contribution in [-0.4, -0.2) is 61.5 Å². The monoisotopic (exact) mass is 303 g/mol. The average Bonchev–Trinajstić information content (AvgIpc) is 2.54. The van der Waals surface area contributed by atoms with Crippen molar-refractivity contribution in [2.45, 2.75) is 32.2 Å². The Morgan fingerprint density at radius 3 is 2.55 bits per heavy atom. The summed E-state index contributed by atoms with van der Waals surface area (Å²) in [6.07, 6.45) is 2.51. The van der Waals surface area contributed by atoms with E-state index in [2.05, 4.69) is 41.2 Å². The zero-order valence-electron chi connectivity index (χ0n) is 13.9. The Labute approximate surface area is 134 Å². The van der Waals surface area contributed by atoms with E-state index in [1.54, 1.807) is 0 Å². The van der Waals surface area contributed by atoms with Gasteiger partial charge >= 0.3 is 0 Å². The van der Waals surface area contributed by atoms with Crippen LogP contribution in [0.1, 0.15) is 25.3 Å². The second kappa shape index (κ2) is 8.91. The quantitative estimate of drug-likeness (QED) is 0.834. The number of nitrogens with zero attached hydrogens (tertiary/aromatic N) is 2. The SMILES string of the molecule is C[C@H](CNC(=O)CCCc1ccccc1)N1CCN(C)CC1. The van der Waals surface area contributed by atoms with Crippen LogP contribution in [0.3, 0.4) is 0 Å². The van der Waals surface area contributed by atoms with Crippen LogP contribution in [-0.2, 0) is 11.2 Å². The Kier molecular flexibility index (Phi) is 6.87. The molecule has 1 saturated heterocycles. The first kappa shape index (κ1) is 17.0. The molecule has 1 aliphatic heterocycles.